The van der Waals surface area contributed by atoms with Crippen LogP contribution in [0.4, 0.5) is 23.8 Å². The molecule has 2 rings (SSSR count). The van der Waals surface area contributed by atoms with Crippen LogP contribution in [0, 0.1) is 0 Å². The minimum atomic E-state index is -4.67. The Hall–Kier alpha value is -2.31. The van der Waals surface area contributed by atoms with Crippen molar-refractivity contribution in [3.8, 4) is 5.69 Å². The first-order valence-electron chi connectivity index (χ1n) is 7.04. The summed E-state index contributed by atoms with van der Waals surface area (Å²) in [6.07, 6.45) is -3.57. The number of nitrogens with zero attached hydrogens (tertiary/aromatic N) is 3. The number of carbonyl (C=O) groups excluding carboxylic acids is 1. The fourth-order valence-electron chi connectivity index (χ4n) is 2.07. The van der Waals surface area contributed by atoms with E-state index in [2.05, 4.69) is 19.8 Å². The maximum atomic E-state index is 12.9. The Morgan fingerprint density at radius 3 is 2.39 bits per heavy atom. The Balaban J connectivity index is 2.60. The van der Waals surface area contributed by atoms with Crippen molar-refractivity contribution >= 4 is 52.2 Å². The molecule has 1 heterocycles. The predicted octanol–water partition coefficient (Wildman–Crippen LogP) is 3.63. The molecule has 1 aromatic heterocycles. The highest BCUT2D eigenvalue weighted by molar-refractivity contribution is 7.84. The average Bonchev–Trinajstić information content (AvgIpc) is 2.89. The van der Waals surface area contributed by atoms with Crippen LogP contribution >= 0.6 is 23.2 Å². The largest absolute Gasteiger partial charge is 0.534 e. The first-order valence-corrected chi connectivity index (χ1v) is 9.35. The number of carbonyl (C=O) groups is 1. The number of methoxy groups -OCH3 is 1. The van der Waals surface area contributed by atoms with Crippen molar-refractivity contribution in [2.75, 3.05) is 19.1 Å². The van der Waals surface area contributed by atoms with Gasteiger partial charge in [0.05, 0.1) is 39.7 Å². The van der Waals surface area contributed by atoms with E-state index < -0.39 is 38.7 Å². The fourth-order valence-corrected chi connectivity index (χ4v) is 3.49. The molecule has 1 unspecified atom stereocenters. The van der Waals surface area contributed by atoms with Crippen molar-refractivity contribution in [2.45, 2.75) is 11.1 Å². The number of benzene rings is 1. The van der Waals surface area contributed by atoms with E-state index in [4.69, 9.17) is 28.9 Å². The zero-order chi connectivity index (χ0) is 21.2. The Kier molecular flexibility index (Phi) is 6.57. The molecular formula is C14H11Cl2F3N4O4S. The Labute approximate surface area is 168 Å². The normalized spacial score (nSPS) is 13.0. The van der Waals surface area contributed by atoms with Crippen LogP contribution in [0.5, 0.6) is 0 Å². The lowest BCUT2D eigenvalue weighted by molar-refractivity contribution is -0.137. The van der Waals surface area contributed by atoms with Crippen LogP contribution in [0.15, 0.2) is 22.2 Å². The second-order valence-electron chi connectivity index (χ2n) is 5.03. The molecule has 152 valence electrons. The molecule has 0 fully saturated rings. The maximum absolute atomic E-state index is 12.9. The number of aromatic nitrogens is 2. The van der Waals surface area contributed by atoms with Crippen LogP contribution in [0.2, 0.25) is 10.0 Å². The first-order chi connectivity index (χ1) is 13.0. The third-order valence-electron chi connectivity index (χ3n) is 3.21. The summed E-state index contributed by atoms with van der Waals surface area (Å²) < 4.78 is 55.8. The van der Waals surface area contributed by atoms with Gasteiger partial charge in [-0.15, -0.1) is 0 Å². The van der Waals surface area contributed by atoms with Crippen LogP contribution in [-0.4, -0.2) is 39.7 Å². The fraction of sp³-hybridized carbons (Fsp3) is 0.214. The molecule has 1 aromatic carbocycles. The van der Waals surface area contributed by atoms with Gasteiger partial charge >= 0.3 is 12.3 Å². The van der Waals surface area contributed by atoms with Crippen LogP contribution in [0.3, 0.4) is 0 Å². The number of ether oxygens (including phenoxy) is 1. The monoisotopic (exact) mass is 458 g/mol. The Morgan fingerprint density at radius 1 is 1.36 bits per heavy atom. The zero-order valence-corrected chi connectivity index (χ0v) is 16.4. The molecule has 2 aromatic rings. The molecule has 1 atom stereocenters. The van der Waals surface area contributed by atoms with Gasteiger partial charge < -0.3 is 10.5 Å². The van der Waals surface area contributed by atoms with Gasteiger partial charge in [-0.25, -0.2) is 9.48 Å². The van der Waals surface area contributed by atoms with Gasteiger partial charge in [-0.2, -0.15) is 18.3 Å². The number of nitrogens with two attached hydrogens (primary N) is 1. The van der Waals surface area contributed by atoms with Crippen LogP contribution in [-0.2, 0) is 26.6 Å². The molecular weight excluding hydrogens is 448 g/mol. The molecule has 0 saturated carbocycles. The number of oxime groups is 1. The zero-order valence-electron chi connectivity index (χ0n) is 14.1. The number of alkyl halides is 3. The van der Waals surface area contributed by atoms with E-state index in [1.807, 2.05) is 0 Å². The quantitative estimate of drug-likeness (QED) is 0.324. The summed E-state index contributed by atoms with van der Waals surface area (Å²) in [5.41, 5.74) is 4.62. The average molecular weight is 459 g/mol. The number of halogens is 5. The van der Waals surface area contributed by atoms with Crippen molar-refractivity contribution in [1.29, 1.82) is 0 Å². The van der Waals surface area contributed by atoms with Gasteiger partial charge in [-0.1, -0.05) is 28.4 Å². The van der Waals surface area contributed by atoms with E-state index in [-0.39, 0.29) is 22.1 Å². The summed E-state index contributed by atoms with van der Waals surface area (Å²) in [5.74, 6) is -0.205. The van der Waals surface area contributed by atoms with Gasteiger partial charge in [0.15, 0.2) is 0 Å². The van der Waals surface area contributed by atoms with Gasteiger partial charge in [0.25, 0.3) is 0 Å². The molecule has 0 aliphatic heterocycles. The molecule has 14 heteroatoms. The molecule has 0 spiro atoms. The number of rotatable bonds is 4. The summed E-state index contributed by atoms with van der Waals surface area (Å²) in [4.78, 5) is 15.2. The lowest BCUT2D eigenvalue weighted by Gasteiger charge is -2.13. The minimum absolute atomic E-state index is 0.0238. The summed E-state index contributed by atoms with van der Waals surface area (Å²) >= 11 is 11.9. The number of anilines is 1. The third kappa shape index (κ3) is 4.56. The molecule has 2 N–H and O–H groups in total. The topological polar surface area (TPSA) is 109 Å². The van der Waals surface area contributed by atoms with Crippen molar-refractivity contribution in [1.82, 2.24) is 9.78 Å². The summed E-state index contributed by atoms with van der Waals surface area (Å²) in [6.45, 7) is 0. The number of hydrogen-bond acceptors (Lipinski definition) is 7. The molecule has 0 aliphatic rings. The first kappa shape index (κ1) is 22.0. The lowest BCUT2D eigenvalue weighted by atomic mass is 10.2. The van der Waals surface area contributed by atoms with Crippen molar-refractivity contribution in [3.05, 3.63) is 33.4 Å². The highest BCUT2D eigenvalue weighted by Crippen LogP contribution is 2.38. The molecule has 8 nitrogen and oxygen atoms in total. The Bertz CT molecular complexity index is 955. The lowest BCUT2D eigenvalue weighted by Crippen LogP contribution is -2.09. The van der Waals surface area contributed by atoms with Crippen molar-refractivity contribution < 1.29 is 31.7 Å². The van der Waals surface area contributed by atoms with Crippen molar-refractivity contribution in [3.63, 3.8) is 0 Å². The van der Waals surface area contributed by atoms with Gasteiger partial charge in [0, 0.05) is 6.26 Å². The van der Waals surface area contributed by atoms with E-state index in [1.54, 1.807) is 0 Å². The van der Waals surface area contributed by atoms with Gasteiger partial charge in [-0.3, -0.25) is 9.05 Å². The summed E-state index contributed by atoms with van der Waals surface area (Å²) in [6, 6.07) is 1.31. The highest BCUT2D eigenvalue weighted by atomic mass is 35.5. The SMILES string of the molecule is COC(=O)ON=Cc1nn(-c2c(Cl)cc(C(F)(F)F)cc2Cl)c(N)c1S(C)=O. The van der Waals surface area contributed by atoms with E-state index in [1.165, 1.54) is 6.26 Å². The smallest absolute Gasteiger partial charge is 0.436 e. The van der Waals surface area contributed by atoms with Crippen LogP contribution in [0.1, 0.15) is 11.3 Å². The van der Waals surface area contributed by atoms with Crippen LogP contribution in [0.25, 0.3) is 5.69 Å². The van der Waals surface area contributed by atoms with E-state index >= 15 is 0 Å². The van der Waals surface area contributed by atoms with Gasteiger partial charge in [-0.05, 0) is 12.1 Å². The molecule has 0 aliphatic carbocycles. The minimum Gasteiger partial charge on any atom is -0.436 e. The maximum Gasteiger partial charge on any atom is 0.534 e. The van der Waals surface area contributed by atoms with E-state index in [0.717, 1.165) is 18.0 Å². The molecule has 0 radical (unpaired) electrons. The summed E-state index contributed by atoms with van der Waals surface area (Å²) in [7, 11) is -0.629. The number of nitrogen functional groups attached to an aromatic ring is 1. The summed E-state index contributed by atoms with van der Waals surface area (Å²) in [5, 5.41) is 6.54. The highest BCUT2D eigenvalue weighted by Gasteiger charge is 2.33. The molecule has 0 amide bonds. The molecule has 28 heavy (non-hydrogen) atoms. The second-order valence-corrected chi connectivity index (χ2v) is 7.16. The van der Waals surface area contributed by atoms with E-state index in [0.29, 0.717) is 12.1 Å². The predicted molar refractivity (Wildman–Crippen MR) is 96.4 cm³/mol. The Morgan fingerprint density at radius 2 is 1.93 bits per heavy atom. The van der Waals surface area contributed by atoms with Gasteiger partial charge in [0.2, 0.25) is 0 Å². The van der Waals surface area contributed by atoms with E-state index in [9.17, 15) is 22.2 Å². The third-order valence-corrected chi connectivity index (χ3v) is 4.78. The standard InChI is InChI=1S/C14H11Cl2F3N4O4S/c1-26-13(24)27-21-5-9-11(28(2)25)12(20)23(22-9)10-7(15)3-6(4-8(10)16)14(17,18)19/h3-5H,20H2,1-2H3. The molecule has 0 saturated heterocycles. The van der Waals surface area contributed by atoms with Crippen molar-refractivity contribution in [2.24, 2.45) is 5.16 Å². The number of hydrogen-bond donors (Lipinski definition) is 1. The van der Waals surface area contributed by atoms with Gasteiger partial charge in [0.1, 0.15) is 22.1 Å². The second kappa shape index (κ2) is 8.37. The molecule has 0 bridgehead atoms. The van der Waals surface area contributed by atoms with Crippen LogP contribution < -0.4 is 5.73 Å².